The minimum Gasteiger partial charge on any atom is -0.494 e. The van der Waals surface area contributed by atoms with Crippen LogP contribution in [0.3, 0.4) is 0 Å². The van der Waals surface area contributed by atoms with Crippen LogP contribution in [0.25, 0.3) is 0 Å². The number of para-hydroxylation sites is 1. The number of rotatable bonds is 9. The van der Waals surface area contributed by atoms with E-state index in [2.05, 4.69) is 10.6 Å². The number of nitrogens with zero attached hydrogens (tertiary/aromatic N) is 1. The van der Waals surface area contributed by atoms with Gasteiger partial charge in [0, 0.05) is 5.69 Å². The highest BCUT2D eigenvalue weighted by Crippen LogP contribution is 2.63. The fourth-order valence-corrected chi connectivity index (χ4v) is 7.31. The summed E-state index contributed by atoms with van der Waals surface area (Å²) >= 11 is 6.44. The number of carbonyl (C=O) groups excluding carboxylic acids is 3. The van der Waals surface area contributed by atoms with E-state index in [1.165, 1.54) is 4.90 Å². The smallest absolute Gasteiger partial charge is 0.250 e. The van der Waals surface area contributed by atoms with Gasteiger partial charge < -0.3 is 30.1 Å². The monoisotopic (exact) mass is 583 g/mol. The van der Waals surface area contributed by atoms with Crippen molar-refractivity contribution in [1.29, 1.82) is 0 Å². The van der Waals surface area contributed by atoms with E-state index in [-0.39, 0.29) is 24.3 Å². The van der Waals surface area contributed by atoms with Gasteiger partial charge in [-0.2, -0.15) is 0 Å². The lowest BCUT2D eigenvalue weighted by Crippen LogP contribution is -2.57. The van der Waals surface area contributed by atoms with Gasteiger partial charge in [0.2, 0.25) is 17.7 Å². The van der Waals surface area contributed by atoms with Gasteiger partial charge in [-0.3, -0.25) is 14.4 Å². The summed E-state index contributed by atoms with van der Waals surface area (Å²) in [6, 6.07) is 10.7. The first-order valence-corrected chi connectivity index (χ1v) is 14.6. The number of aliphatic hydroxyl groups is 1. The maximum Gasteiger partial charge on any atom is 0.250 e. The fourth-order valence-electron chi connectivity index (χ4n) is 7.04. The molecule has 2 unspecified atom stereocenters. The highest BCUT2D eigenvalue weighted by molar-refractivity contribution is 6.34. The molecule has 6 atom stereocenters. The molecule has 0 saturated carbocycles. The van der Waals surface area contributed by atoms with Crippen LogP contribution in [0.2, 0.25) is 5.02 Å². The van der Waals surface area contributed by atoms with E-state index >= 15 is 0 Å². The number of nitrogens with one attached hydrogen (secondary N) is 2. The zero-order valence-electron chi connectivity index (χ0n) is 24.1. The molecule has 3 aliphatic heterocycles. The van der Waals surface area contributed by atoms with Crippen LogP contribution in [0.1, 0.15) is 46.1 Å². The summed E-state index contributed by atoms with van der Waals surface area (Å²) in [5.41, 5.74) is -0.365. The molecule has 0 aliphatic carbocycles. The van der Waals surface area contributed by atoms with Gasteiger partial charge in [0.25, 0.3) is 0 Å². The third kappa shape index (κ3) is 4.77. The summed E-state index contributed by atoms with van der Waals surface area (Å²) in [5.74, 6) is -2.33. The number of hydrogen-bond donors (Lipinski definition) is 3. The van der Waals surface area contributed by atoms with Crippen LogP contribution in [0.5, 0.6) is 5.75 Å². The zero-order valence-corrected chi connectivity index (χ0v) is 24.8. The number of aliphatic hydroxyl groups excluding tert-OH is 1. The van der Waals surface area contributed by atoms with Gasteiger partial charge in [-0.15, -0.1) is 0 Å². The van der Waals surface area contributed by atoms with Crippen LogP contribution >= 0.6 is 11.6 Å². The number of ether oxygens (including phenoxy) is 2. The van der Waals surface area contributed by atoms with Crippen LogP contribution in [0, 0.1) is 24.7 Å². The number of amides is 3. The number of fused-ring (bicyclic) bond motifs is 1. The zero-order chi connectivity index (χ0) is 29.7. The molecule has 3 fully saturated rings. The first kappa shape index (κ1) is 29.4. The maximum atomic E-state index is 14.3. The summed E-state index contributed by atoms with van der Waals surface area (Å²) in [6.07, 6.45) is 0.936. The Morgan fingerprint density at radius 1 is 1.15 bits per heavy atom. The minimum absolute atomic E-state index is 0.152. The van der Waals surface area contributed by atoms with Crippen molar-refractivity contribution in [2.45, 2.75) is 70.7 Å². The van der Waals surface area contributed by atoms with Crippen molar-refractivity contribution in [1.82, 2.24) is 4.90 Å². The van der Waals surface area contributed by atoms with Crippen molar-refractivity contribution in [3.8, 4) is 5.75 Å². The van der Waals surface area contributed by atoms with E-state index in [1.54, 1.807) is 36.4 Å². The molecule has 1 spiro atoms. The van der Waals surface area contributed by atoms with Gasteiger partial charge in [0.05, 0.1) is 47.4 Å². The van der Waals surface area contributed by atoms with E-state index in [0.717, 1.165) is 5.56 Å². The molecule has 2 aromatic carbocycles. The average molecular weight is 584 g/mol. The summed E-state index contributed by atoms with van der Waals surface area (Å²) in [6.45, 7) is 9.56. The van der Waals surface area contributed by atoms with Crippen molar-refractivity contribution < 1.29 is 29.0 Å². The molecule has 0 radical (unpaired) electrons. The van der Waals surface area contributed by atoms with Crippen LogP contribution in [0.15, 0.2) is 42.5 Å². The number of benzene rings is 2. The van der Waals surface area contributed by atoms with Crippen molar-refractivity contribution in [2.75, 3.05) is 23.8 Å². The van der Waals surface area contributed by atoms with Gasteiger partial charge in [0.1, 0.15) is 17.4 Å². The molecule has 41 heavy (non-hydrogen) atoms. The van der Waals surface area contributed by atoms with Gasteiger partial charge >= 0.3 is 0 Å². The van der Waals surface area contributed by atoms with Crippen molar-refractivity contribution >= 4 is 40.7 Å². The molecular weight excluding hydrogens is 546 g/mol. The molecule has 5 rings (SSSR count). The van der Waals surface area contributed by atoms with Gasteiger partial charge in [-0.05, 0) is 75.4 Å². The van der Waals surface area contributed by atoms with E-state index in [9.17, 15) is 19.5 Å². The SMILES string of the molecule is CCOc1ccc(NC(=O)[C@H]2[C@H]3C(=O)N([C@@H](CO)C(C)C)C(C(=O)Nc4c(C)cccc4Cl)C34CC[C@]2(C)O4)cc1. The highest BCUT2D eigenvalue weighted by Gasteiger charge is 2.78. The number of carbonyl (C=O) groups is 3. The third-order valence-electron chi connectivity index (χ3n) is 8.96. The molecule has 2 bridgehead atoms. The number of hydrogen-bond acceptors (Lipinski definition) is 6. The second kappa shape index (κ2) is 10.9. The second-order valence-electron chi connectivity index (χ2n) is 11.8. The molecule has 3 N–H and O–H groups in total. The largest absolute Gasteiger partial charge is 0.494 e. The fraction of sp³-hybridized carbons (Fsp3) is 0.516. The van der Waals surface area contributed by atoms with E-state index in [0.29, 0.717) is 41.6 Å². The van der Waals surface area contributed by atoms with Crippen molar-refractivity contribution in [3.05, 3.63) is 53.1 Å². The van der Waals surface area contributed by atoms with E-state index in [1.807, 2.05) is 40.7 Å². The lowest BCUT2D eigenvalue weighted by molar-refractivity contribution is -0.148. The normalized spacial score (nSPS) is 29.0. The number of likely N-dealkylation sites (tertiary alicyclic amines) is 1. The molecule has 2 aromatic rings. The number of anilines is 2. The van der Waals surface area contributed by atoms with Crippen molar-refractivity contribution in [2.24, 2.45) is 17.8 Å². The van der Waals surface area contributed by atoms with Gasteiger partial charge in [0.15, 0.2) is 0 Å². The van der Waals surface area contributed by atoms with Crippen LogP contribution < -0.4 is 15.4 Å². The highest BCUT2D eigenvalue weighted by atomic mass is 35.5. The Balaban J connectivity index is 1.52. The van der Waals surface area contributed by atoms with Crippen LogP contribution in [-0.2, 0) is 19.1 Å². The van der Waals surface area contributed by atoms with Gasteiger partial charge in [-0.1, -0.05) is 37.6 Å². The molecule has 220 valence electrons. The molecule has 9 nitrogen and oxygen atoms in total. The minimum atomic E-state index is -1.23. The van der Waals surface area contributed by atoms with E-state index < -0.39 is 41.0 Å². The molecule has 3 amide bonds. The summed E-state index contributed by atoms with van der Waals surface area (Å²) in [4.78, 5) is 43.9. The number of aryl methyl sites for hydroxylation is 1. The molecule has 0 aromatic heterocycles. The average Bonchev–Trinajstić information content (AvgIpc) is 3.49. The Morgan fingerprint density at radius 2 is 1.85 bits per heavy atom. The maximum absolute atomic E-state index is 14.3. The molecular formula is C31H38ClN3O6. The Bertz CT molecular complexity index is 1330. The first-order chi connectivity index (χ1) is 19.5. The second-order valence-corrected chi connectivity index (χ2v) is 12.2. The first-order valence-electron chi connectivity index (χ1n) is 14.2. The molecule has 3 heterocycles. The Morgan fingerprint density at radius 3 is 2.46 bits per heavy atom. The standard InChI is InChI=1S/C31H38ClN3O6/c1-6-40-20-12-10-19(11-13-20)33-27(37)23-24-29(39)35(22(16-36)17(2)3)26(31(24)15-14-30(23,5)41-31)28(38)34-25-18(4)8-7-9-21(25)32/h7-13,17,22-24,26,36H,6,14-16H2,1-5H3,(H,33,37)(H,34,38)/t22-,23+,24-,26?,30-,31?/m0/s1. The van der Waals surface area contributed by atoms with Gasteiger partial charge in [-0.25, -0.2) is 0 Å². The Labute approximate surface area is 245 Å². The summed E-state index contributed by atoms with van der Waals surface area (Å²) in [5, 5.41) is 16.7. The number of halogens is 1. The molecule has 3 saturated heterocycles. The third-order valence-corrected chi connectivity index (χ3v) is 9.28. The molecule has 10 heteroatoms. The lowest BCUT2D eigenvalue weighted by Gasteiger charge is -2.38. The van der Waals surface area contributed by atoms with Crippen LogP contribution in [-0.4, -0.2) is 64.2 Å². The topological polar surface area (TPSA) is 117 Å². The summed E-state index contributed by atoms with van der Waals surface area (Å²) in [7, 11) is 0. The quantitative estimate of drug-likeness (QED) is 0.403. The predicted molar refractivity (Wildman–Crippen MR) is 156 cm³/mol. The lowest BCUT2D eigenvalue weighted by atomic mass is 9.66. The van der Waals surface area contributed by atoms with Crippen LogP contribution in [0.4, 0.5) is 11.4 Å². The molecule has 3 aliphatic rings. The Kier molecular flexibility index (Phi) is 7.82. The predicted octanol–water partition coefficient (Wildman–Crippen LogP) is 4.41. The summed E-state index contributed by atoms with van der Waals surface area (Å²) < 4.78 is 12.2. The van der Waals surface area contributed by atoms with E-state index in [4.69, 9.17) is 21.1 Å². The van der Waals surface area contributed by atoms with Crippen molar-refractivity contribution in [3.63, 3.8) is 0 Å². The Hall–Kier alpha value is -3.14.